The summed E-state index contributed by atoms with van der Waals surface area (Å²) in [5.41, 5.74) is 0.766. The highest BCUT2D eigenvalue weighted by Crippen LogP contribution is 2.19. The van der Waals surface area contributed by atoms with Gasteiger partial charge in [0, 0.05) is 6.54 Å². The van der Waals surface area contributed by atoms with Gasteiger partial charge in [0.15, 0.2) is 0 Å². The fourth-order valence-corrected chi connectivity index (χ4v) is 1.16. The topological polar surface area (TPSA) is 84.3 Å². The Hall–Kier alpha value is -1.85. The minimum Gasteiger partial charge on any atom is -0.481 e. The van der Waals surface area contributed by atoms with Crippen LogP contribution in [0.2, 0.25) is 0 Å². The van der Waals surface area contributed by atoms with Gasteiger partial charge in [-0.1, -0.05) is 6.92 Å². The van der Waals surface area contributed by atoms with Crippen LogP contribution in [0.1, 0.15) is 12.5 Å². The highest BCUT2D eigenvalue weighted by molar-refractivity contribution is 5.70. The van der Waals surface area contributed by atoms with Crippen LogP contribution < -0.4 is 10.1 Å². The quantitative estimate of drug-likeness (QED) is 0.775. The molecule has 0 aliphatic heterocycles. The van der Waals surface area contributed by atoms with Crippen molar-refractivity contribution in [3.05, 3.63) is 11.9 Å². The molecule has 0 aromatic carbocycles. The third kappa shape index (κ3) is 2.82. The largest absolute Gasteiger partial charge is 0.481 e. The number of carboxylic acids is 1. The van der Waals surface area contributed by atoms with E-state index in [-0.39, 0.29) is 0 Å². The summed E-state index contributed by atoms with van der Waals surface area (Å²) in [6.45, 7) is 3.76. The molecule has 16 heavy (non-hydrogen) atoms. The number of ether oxygens (including phenoxy) is 1. The maximum absolute atomic E-state index is 10.6. The fourth-order valence-electron chi connectivity index (χ4n) is 1.16. The predicted octanol–water partition coefficient (Wildman–Crippen LogP) is 0.926. The third-order valence-corrected chi connectivity index (χ3v) is 2.23. The molecule has 1 aromatic rings. The summed E-state index contributed by atoms with van der Waals surface area (Å²) in [5, 5.41) is 11.7. The minimum absolute atomic E-state index is 0.316. The summed E-state index contributed by atoms with van der Waals surface area (Å²) >= 11 is 0. The Morgan fingerprint density at radius 3 is 2.88 bits per heavy atom. The molecule has 6 heteroatoms. The Morgan fingerprint density at radius 2 is 2.31 bits per heavy atom. The molecule has 1 unspecified atom stereocenters. The Kier molecular flexibility index (Phi) is 4.04. The van der Waals surface area contributed by atoms with Crippen LogP contribution in [-0.4, -0.2) is 34.7 Å². The maximum Gasteiger partial charge on any atom is 0.308 e. The Bertz CT molecular complexity index is 382. The van der Waals surface area contributed by atoms with Crippen LogP contribution in [0.25, 0.3) is 0 Å². The first-order valence-electron chi connectivity index (χ1n) is 4.88. The molecule has 0 aliphatic carbocycles. The molecular weight excluding hydrogens is 210 g/mol. The average molecular weight is 225 g/mol. The van der Waals surface area contributed by atoms with E-state index in [1.165, 1.54) is 13.4 Å². The summed E-state index contributed by atoms with van der Waals surface area (Å²) in [5.74, 6) is -0.230. The standard InChI is InChI=1S/C10H15N3O3/c1-6(10(14)15)4-11-8-7(2)9(16-3)13-5-12-8/h5-6H,4H2,1-3H3,(H,14,15)(H,11,12,13). The van der Waals surface area contributed by atoms with Crippen LogP contribution in [0.15, 0.2) is 6.33 Å². The van der Waals surface area contributed by atoms with Gasteiger partial charge in [-0.25, -0.2) is 9.97 Å². The summed E-state index contributed by atoms with van der Waals surface area (Å²) in [7, 11) is 1.53. The van der Waals surface area contributed by atoms with Crippen LogP contribution in [0, 0.1) is 12.8 Å². The predicted molar refractivity (Wildman–Crippen MR) is 58.6 cm³/mol. The van der Waals surface area contributed by atoms with Gasteiger partial charge in [-0.15, -0.1) is 0 Å². The lowest BCUT2D eigenvalue weighted by atomic mass is 10.2. The third-order valence-electron chi connectivity index (χ3n) is 2.23. The first-order valence-corrected chi connectivity index (χ1v) is 4.88. The van der Waals surface area contributed by atoms with Crippen LogP contribution >= 0.6 is 0 Å². The van der Waals surface area contributed by atoms with Crippen molar-refractivity contribution in [2.24, 2.45) is 5.92 Å². The highest BCUT2D eigenvalue weighted by Gasteiger charge is 2.12. The van der Waals surface area contributed by atoms with Crippen molar-refractivity contribution in [1.29, 1.82) is 0 Å². The summed E-state index contributed by atoms with van der Waals surface area (Å²) in [6.07, 6.45) is 1.37. The number of nitrogens with one attached hydrogen (secondary N) is 1. The van der Waals surface area contributed by atoms with E-state index in [1.807, 2.05) is 6.92 Å². The molecule has 6 nitrogen and oxygen atoms in total. The van der Waals surface area contributed by atoms with Gasteiger partial charge in [0.1, 0.15) is 12.1 Å². The Morgan fingerprint density at radius 1 is 1.62 bits per heavy atom. The second kappa shape index (κ2) is 5.29. The smallest absolute Gasteiger partial charge is 0.308 e. The second-order valence-electron chi connectivity index (χ2n) is 3.48. The number of anilines is 1. The van der Waals surface area contributed by atoms with Crippen molar-refractivity contribution in [3.63, 3.8) is 0 Å². The summed E-state index contributed by atoms with van der Waals surface area (Å²) in [4.78, 5) is 18.6. The number of methoxy groups -OCH3 is 1. The molecule has 0 fully saturated rings. The molecule has 0 spiro atoms. The van der Waals surface area contributed by atoms with E-state index >= 15 is 0 Å². The number of rotatable bonds is 5. The zero-order valence-corrected chi connectivity index (χ0v) is 9.52. The van der Waals surface area contributed by atoms with E-state index in [2.05, 4.69) is 15.3 Å². The monoisotopic (exact) mass is 225 g/mol. The molecule has 0 saturated heterocycles. The highest BCUT2D eigenvalue weighted by atomic mass is 16.5. The molecule has 1 heterocycles. The summed E-state index contributed by atoms with van der Waals surface area (Å²) in [6, 6.07) is 0. The van der Waals surface area contributed by atoms with E-state index < -0.39 is 11.9 Å². The van der Waals surface area contributed by atoms with Crippen molar-refractivity contribution in [1.82, 2.24) is 9.97 Å². The van der Waals surface area contributed by atoms with Gasteiger partial charge in [-0.2, -0.15) is 0 Å². The van der Waals surface area contributed by atoms with E-state index in [9.17, 15) is 4.79 Å². The van der Waals surface area contributed by atoms with Crippen molar-refractivity contribution in [3.8, 4) is 5.88 Å². The van der Waals surface area contributed by atoms with Gasteiger partial charge in [0.2, 0.25) is 5.88 Å². The van der Waals surface area contributed by atoms with Gasteiger partial charge < -0.3 is 15.2 Å². The number of carbonyl (C=O) groups is 1. The lowest BCUT2D eigenvalue weighted by molar-refractivity contribution is -0.140. The lowest BCUT2D eigenvalue weighted by Crippen LogP contribution is -2.20. The van der Waals surface area contributed by atoms with E-state index in [4.69, 9.17) is 9.84 Å². The van der Waals surface area contributed by atoms with Gasteiger partial charge in [0.25, 0.3) is 0 Å². The van der Waals surface area contributed by atoms with Crippen LogP contribution in [0.3, 0.4) is 0 Å². The van der Waals surface area contributed by atoms with Gasteiger partial charge >= 0.3 is 5.97 Å². The molecule has 0 saturated carbocycles. The fraction of sp³-hybridized carbons (Fsp3) is 0.500. The number of aromatic nitrogens is 2. The molecule has 0 radical (unpaired) electrons. The van der Waals surface area contributed by atoms with E-state index in [0.29, 0.717) is 18.2 Å². The van der Waals surface area contributed by atoms with Crippen LogP contribution in [0.5, 0.6) is 5.88 Å². The number of nitrogens with zero attached hydrogens (tertiary/aromatic N) is 2. The zero-order valence-electron chi connectivity index (χ0n) is 9.52. The van der Waals surface area contributed by atoms with Crippen molar-refractivity contribution < 1.29 is 14.6 Å². The Balaban J connectivity index is 2.71. The average Bonchev–Trinajstić information content (AvgIpc) is 2.27. The second-order valence-corrected chi connectivity index (χ2v) is 3.48. The summed E-state index contributed by atoms with van der Waals surface area (Å²) < 4.78 is 5.03. The number of aliphatic carboxylic acids is 1. The Labute approximate surface area is 93.7 Å². The van der Waals surface area contributed by atoms with Gasteiger partial charge in [-0.05, 0) is 6.92 Å². The van der Waals surface area contributed by atoms with Crippen molar-refractivity contribution in [2.45, 2.75) is 13.8 Å². The molecule has 0 aliphatic rings. The van der Waals surface area contributed by atoms with Crippen molar-refractivity contribution >= 4 is 11.8 Å². The van der Waals surface area contributed by atoms with Gasteiger partial charge in [0.05, 0.1) is 18.6 Å². The van der Waals surface area contributed by atoms with Crippen LogP contribution in [0.4, 0.5) is 5.82 Å². The first kappa shape index (κ1) is 12.2. The van der Waals surface area contributed by atoms with Crippen LogP contribution in [-0.2, 0) is 4.79 Å². The molecule has 1 rings (SSSR count). The molecule has 1 aromatic heterocycles. The molecule has 2 N–H and O–H groups in total. The lowest BCUT2D eigenvalue weighted by Gasteiger charge is -2.12. The molecular formula is C10H15N3O3. The molecule has 0 bridgehead atoms. The minimum atomic E-state index is -0.842. The zero-order chi connectivity index (χ0) is 12.1. The molecule has 0 amide bonds. The van der Waals surface area contributed by atoms with E-state index in [1.54, 1.807) is 6.92 Å². The number of carboxylic acid groups (broad SMARTS) is 1. The van der Waals surface area contributed by atoms with E-state index in [0.717, 1.165) is 5.56 Å². The normalized spacial score (nSPS) is 11.9. The number of hydrogen-bond acceptors (Lipinski definition) is 5. The molecule has 88 valence electrons. The van der Waals surface area contributed by atoms with Gasteiger partial charge in [-0.3, -0.25) is 4.79 Å². The SMILES string of the molecule is COc1ncnc(NCC(C)C(=O)O)c1C. The number of hydrogen-bond donors (Lipinski definition) is 2. The molecule has 1 atom stereocenters. The van der Waals surface area contributed by atoms with Crippen molar-refractivity contribution in [2.75, 3.05) is 19.0 Å². The maximum atomic E-state index is 10.6. The first-order chi connectivity index (χ1) is 7.56.